The summed E-state index contributed by atoms with van der Waals surface area (Å²) in [5.41, 5.74) is 0.654. The Hall–Kier alpha value is -1.89. The molecule has 2 aromatic rings. The number of nitrogens with one attached hydrogen (secondary N) is 1. The van der Waals surface area contributed by atoms with Crippen molar-refractivity contribution in [2.24, 2.45) is 0 Å². The van der Waals surface area contributed by atoms with Gasteiger partial charge in [0.2, 0.25) is 6.79 Å². The van der Waals surface area contributed by atoms with Gasteiger partial charge in [-0.2, -0.15) is 0 Å². The standard InChI is InChI=1S/C14H9BrF3NO2/c15-8-2-14-13(20-6-21-14)1-7(8)5-19-12-4-10(17)9(16)3-11(12)18/h1-4,19H,5-6H2. The lowest BCUT2D eigenvalue weighted by molar-refractivity contribution is 0.174. The summed E-state index contributed by atoms with van der Waals surface area (Å²) in [4.78, 5) is 0. The second-order valence-corrected chi connectivity index (χ2v) is 5.25. The SMILES string of the molecule is Fc1cc(F)c(NCc2cc3c(cc2Br)OCO3)cc1F. The Kier molecular flexibility index (Phi) is 3.67. The highest BCUT2D eigenvalue weighted by atomic mass is 79.9. The Labute approximate surface area is 126 Å². The largest absolute Gasteiger partial charge is 0.454 e. The van der Waals surface area contributed by atoms with E-state index >= 15 is 0 Å². The van der Waals surface area contributed by atoms with E-state index in [-0.39, 0.29) is 19.0 Å². The summed E-state index contributed by atoms with van der Waals surface area (Å²) < 4.78 is 50.7. The van der Waals surface area contributed by atoms with Crippen LogP contribution in [0.1, 0.15) is 5.56 Å². The van der Waals surface area contributed by atoms with Gasteiger partial charge in [0.05, 0.1) is 5.69 Å². The zero-order valence-corrected chi connectivity index (χ0v) is 12.1. The molecule has 0 aromatic heterocycles. The molecule has 0 saturated carbocycles. The number of halogens is 4. The smallest absolute Gasteiger partial charge is 0.231 e. The summed E-state index contributed by atoms with van der Waals surface area (Å²) in [5.74, 6) is -1.98. The lowest BCUT2D eigenvalue weighted by Gasteiger charge is -2.10. The van der Waals surface area contributed by atoms with Crippen LogP contribution in [0.2, 0.25) is 0 Å². The molecule has 0 bridgehead atoms. The van der Waals surface area contributed by atoms with Crippen molar-refractivity contribution in [1.29, 1.82) is 0 Å². The van der Waals surface area contributed by atoms with Crippen molar-refractivity contribution in [2.45, 2.75) is 6.54 Å². The Bertz CT molecular complexity index is 709. The molecule has 2 aromatic carbocycles. The fourth-order valence-electron chi connectivity index (χ4n) is 1.94. The molecule has 1 aliphatic rings. The number of fused-ring (bicyclic) bond motifs is 1. The molecule has 7 heteroatoms. The van der Waals surface area contributed by atoms with E-state index in [2.05, 4.69) is 21.2 Å². The van der Waals surface area contributed by atoms with E-state index in [1.807, 2.05) is 0 Å². The van der Waals surface area contributed by atoms with E-state index in [1.165, 1.54) is 0 Å². The summed E-state index contributed by atoms with van der Waals surface area (Å²) in [6.07, 6.45) is 0. The monoisotopic (exact) mass is 359 g/mol. The minimum atomic E-state index is -1.22. The average Bonchev–Trinajstić information content (AvgIpc) is 2.88. The minimum absolute atomic E-state index is 0.113. The maximum absolute atomic E-state index is 13.5. The third-order valence-electron chi connectivity index (χ3n) is 3.02. The topological polar surface area (TPSA) is 30.5 Å². The molecule has 0 spiro atoms. The normalized spacial score (nSPS) is 12.6. The highest BCUT2D eigenvalue weighted by Gasteiger charge is 2.16. The number of hydrogen-bond acceptors (Lipinski definition) is 3. The van der Waals surface area contributed by atoms with Crippen molar-refractivity contribution < 1.29 is 22.6 Å². The van der Waals surface area contributed by atoms with Crippen molar-refractivity contribution in [3.8, 4) is 11.5 Å². The molecule has 21 heavy (non-hydrogen) atoms. The highest BCUT2D eigenvalue weighted by Crippen LogP contribution is 2.37. The van der Waals surface area contributed by atoms with Gasteiger partial charge in [0, 0.05) is 23.2 Å². The van der Waals surface area contributed by atoms with Crippen LogP contribution in [-0.4, -0.2) is 6.79 Å². The van der Waals surface area contributed by atoms with Crippen LogP contribution >= 0.6 is 15.9 Å². The van der Waals surface area contributed by atoms with Crippen LogP contribution < -0.4 is 14.8 Å². The third kappa shape index (κ3) is 2.78. The van der Waals surface area contributed by atoms with Gasteiger partial charge in [-0.15, -0.1) is 0 Å². The number of rotatable bonds is 3. The first-order valence-corrected chi connectivity index (χ1v) is 6.80. The average molecular weight is 360 g/mol. The molecular weight excluding hydrogens is 351 g/mol. The molecule has 0 fully saturated rings. The summed E-state index contributed by atoms with van der Waals surface area (Å²) >= 11 is 3.36. The molecule has 0 amide bonds. The zero-order chi connectivity index (χ0) is 15.0. The summed E-state index contributed by atoms with van der Waals surface area (Å²) in [7, 11) is 0. The Morgan fingerprint density at radius 2 is 1.62 bits per heavy atom. The van der Waals surface area contributed by atoms with Crippen LogP contribution in [0.25, 0.3) is 0 Å². The van der Waals surface area contributed by atoms with Crippen molar-refractivity contribution in [3.05, 3.63) is 51.8 Å². The van der Waals surface area contributed by atoms with Gasteiger partial charge in [0.15, 0.2) is 23.1 Å². The minimum Gasteiger partial charge on any atom is -0.454 e. The first-order valence-electron chi connectivity index (χ1n) is 6.01. The summed E-state index contributed by atoms with van der Waals surface area (Å²) in [6.45, 7) is 0.357. The molecule has 1 aliphatic heterocycles. The fourth-order valence-corrected chi connectivity index (χ4v) is 2.41. The summed E-state index contributed by atoms with van der Waals surface area (Å²) in [5, 5.41) is 2.72. The van der Waals surface area contributed by atoms with E-state index in [1.54, 1.807) is 12.1 Å². The van der Waals surface area contributed by atoms with Crippen LogP contribution in [0.15, 0.2) is 28.7 Å². The highest BCUT2D eigenvalue weighted by molar-refractivity contribution is 9.10. The number of benzene rings is 2. The van der Waals surface area contributed by atoms with Crippen molar-refractivity contribution in [2.75, 3.05) is 12.1 Å². The quantitative estimate of drug-likeness (QED) is 0.832. The Morgan fingerprint density at radius 1 is 0.952 bits per heavy atom. The van der Waals surface area contributed by atoms with Crippen LogP contribution in [0.3, 0.4) is 0 Å². The van der Waals surface area contributed by atoms with Crippen LogP contribution in [0.4, 0.5) is 18.9 Å². The van der Waals surface area contributed by atoms with Crippen molar-refractivity contribution in [1.82, 2.24) is 0 Å². The number of hydrogen-bond donors (Lipinski definition) is 1. The van der Waals surface area contributed by atoms with E-state index in [4.69, 9.17) is 9.47 Å². The van der Waals surface area contributed by atoms with Crippen molar-refractivity contribution >= 4 is 21.6 Å². The third-order valence-corrected chi connectivity index (χ3v) is 3.76. The van der Waals surface area contributed by atoms with Crippen LogP contribution in [0.5, 0.6) is 11.5 Å². The van der Waals surface area contributed by atoms with E-state index in [9.17, 15) is 13.2 Å². The second kappa shape index (κ2) is 5.48. The predicted octanol–water partition coefficient (Wildman–Crippen LogP) is 4.21. The predicted molar refractivity (Wildman–Crippen MR) is 73.9 cm³/mol. The first-order chi connectivity index (χ1) is 10.0. The molecule has 0 saturated heterocycles. The van der Waals surface area contributed by atoms with Gasteiger partial charge in [-0.25, -0.2) is 13.2 Å². The van der Waals surface area contributed by atoms with Gasteiger partial charge in [0.1, 0.15) is 5.82 Å². The molecular formula is C14H9BrF3NO2. The molecule has 1 N–H and O–H groups in total. The van der Waals surface area contributed by atoms with Gasteiger partial charge >= 0.3 is 0 Å². The lowest BCUT2D eigenvalue weighted by Crippen LogP contribution is -2.03. The number of anilines is 1. The summed E-state index contributed by atoms with van der Waals surface area (Å²) in [6, 6.07) is 4.76. The molecule has 110 valence electrons. The first kappa shape index (κ1) is 14.1. The maximum atomic E-state index is 13.5. The molecule has 0 aliphatic carbocycles. The second-order valence-electron chi connectivity index (χ2n) is 4.40. The van der Waals surface area contributed by atoms with Crippen molar-refractivity contribution in [3.63, 3.8) is 0 Å². The van der Waals surface area contributed by atoms with Gasteiger partial charge < -0.3 is 14.8 Å². The molecule has 1 heterocycles. The molecule has 3 rings (SSSR count). The van der Waals surface area contributed by atoms with Crippen LogP contribution in [-0.2, 0) is 6.54 Å². The Morgan fingerprint density at radius 3 is 2.38 bits per heavy atom. The van der Waals surface area contributed by atoms with E-state index in [0.717, 1.165) is 16.1 Å². The molecule has 0 radical (unpaired) electrons. The van der Waals surface area contributed by atoms with Gasteiger partial charge in [-0.3, -0.25) is 0 Å². The zero-order valence-electron chi connectivity index (χ0n) is 10.6. The molecule has 3 nitrogen and oxygen atoms in total. The number of ether oxygens (including phenoxy) is 2. The Balaban J connectivity index is 1.81. The molecule has 0 unspecified atom stereocenters. The van der Waals surface area contributed by atoms with Gasteiger partial charge in [-0.05, 0) is 17.7 Å². The van der Waals surface area contributed by atoms with E-state index in [0.29, 0.717) is 17.6 Å². The van der Waals surface area contributed by atoms with E-state index < -0.39 is 17.5 Å². The van der Waals surface area contributed by atoms with Crippen LogP contribution in [0, 0.1) is 17.5 Å². The van der Waals surface area contributed by atoms with Gasteiger partial charge in [-0.1, -0.05) is 15.9 Å². The molecule has 0 atom stereocenters. The van der Waals surface area contributed by atoms with Gasteiger partial charge in [0.25, 0.3) is 0 Å². The lowest BCUT2D eigenvalue weighted by atomic mass is 10.2. The maximum Gasteiger partial charge on any atom is 0.231 e. The fraction of sp³-hybridized carbons (Fsp3) is 0.143.